The molecule has 1 aromatic rings. The Morgan fingerprint density at radius 2 is 2.17 bits per heavy atom. The van der Waals surface area contributed by atoms with E-state index < -0.39 is 4.92 Å². The van der Waals surface area contributed by atoms with Gasteiger partial charge < -0.3 is 0 Å². The number of halogens is 2. The predicted octanol–water partition coefficient (Wildman–Crippen LogP) is 2.61. The van der Waals surface area contributed by atoms with E-state index in [0.29, 0.717) is 5.56 Å². The molecule has 1 aromatic heterocycles. The van der Waals surface area contributed by atoms with Gasteiger partial charge in [0.15, 0.2) is 0 Å². The number of rotatable bonds is 1. The van der Waals surface area contributed by atoms with E-state index in [0.717, 1.165) is 0 Å². The van der Waals surface area contributed by atoms with Crippen LogP contribution in [0.15, 0.2) is 6.07 Å². The van der Waals surface area contributed by atoms with Crippen LogP contribution >= 0.6 is 23.2 Å². The summed E-state index contributed by atoms with van der Waals surface area (Å²) in [5, 5.41) is 10.4. The molecule has 1 rings (SSSR count). The molecule has 0 aromatic carbocycles. The number of aryl methyl sites for hydroxylation is 1. The first-order valence-corrected chi connectivity index (χ1v) is 3.75. The van der Waals surface area contributed by atoms with Crippen LogP contribution in [0.4, 0.5) is 5.69 Å². The summed E-state index contributed by atoms with van der Waals surface area (Å²) in [4.78, 5) is 13.4. The molecule has 0 amide bonds. The van der Waals surface area contributed by atoms with Crippen LogP contribution in [0.25, 0.3) is 0 Å². The van der Waals surface area contributed by atoms with Crippen LogP contribution in [0, 0.1) is 17.0 Å². The van der Waals surface area contributed by atoms with E-state index in [1.807, 2.05) is 0 Å². The molecule has 0 aliphatic carbocycles. The summed E-state index contributed by atoms with van der Waals surface area (Å²) in [6.07, 6.45) is 0. The van der Waals surface area contributed by atoms with Crippen molar-refractivity contribution in [1.29, 1.82) is 0 Å². The highest BCUT2D eigenvalue weighted by atomic mass is 35.5. The SMILES string of the molecule is Cc1cc(Cl)nc(Cl)c1[N+](=O)[O-]. The third kappa shape index (κ3) is 1.65. The number of pyridine rings is 1. The molecule has 0 unspecified atom stereocenters. The first-order valence-electron chi connectivity index (χ1n) is 2.99. The van der Waals surface area contributed by atoms with Crippen LogP contribution in [0.2, 0.25) is 10.3 Å². The Morgan fingerprint density at radius 3 is 2.58 bits per heavy atom. The van der Waals surface area contributed by atoms with Crippen molar-refractivity contribution in [3.05, 3.63) is 32.1 Å². The van der Waals surface area contributed by atoms with Gasteiger partial charge in [-0.05, 0) is 13.0 Å². The zero-order chi connectivity index (χ0) is 9.30. The van der Waals surface area contributed by atoms with Crippen molar-refractivity contribution in [2.75, 3.05) is 0 Å². The van der Waals surface area contributed by atoms with Crippen LogP contribution in [0.5, 0.6) is 0 Å². The molecule has 0 aliphatic heterocycles. The van der Waals surface area contributed by atoms with Gasteiger partial charge in [0.25, 0.3) is 0 Å². The minimum atomic E-state index is -0.582. The van der Waals surface area contributed by atoms with Crippen LogP contribution in [0.3, 0.4) is 0 Å². The van der Waals surface area contributed by atoms with E-state index in [1.165, 1.54) is 6.07 Å². The Labute approximate surface area is 78.3 Å². The average molecular weight is 207 g/mol. The Kier molecular flexibility index (Phi) is 2.49. The van der Waals surface area contributed by atoms with Gasteiger partial charge in [-0.2, -0.15) is 0 Å². The maximum atomic E-state index is 10.4. The normalized spacial score (nSPS) is 9.92. The molecule has 0 saturated heterocycles. The molecule has 6 heteroatoms. The molecule has 0 spiro atoms. The maximum absolute atomic E-state index is 10.4. The van der Waals surface area contributed by atoms with E-state index in [2.05, 4.69) is 4.98 Å². The fraction of sp³-hybridized carbons (Fsp3) is 0.167. The first kappa shape index (κ1) is 9.22. The summed E-state index contributed by atoms with van der Waals surface area (Å²) in [6.45, 7) is 1.55. The standard InChI is InChI=1S/C6H4Cl2N2O2/c1-3-2-4(7)9-6(8)5(3)10(11)12/h2H,1H3. The van der Waals surface area contributed by atoms with Crippen molar-refractivity contribution in [2.45, 2.75) is 6.92 Å². The highest BCUT2D eigenvalue weighted by molar-refractivity contribution is 6.33. The Hall–Kier alpha value is -0.870. The van der Waals surface area contributed by atoms with Crippen LogP contribution in [-0.4, -0.2) is 9.91 Å². The monoisotopic (exact) mass is 206 g/mol. The summed E-state index contributed by atoms with van der Waals surface area (Å²) in [5.41, 5.74) is 0.214. The quantitative estimate of drug-likeness (QED) is 0.404. The van der Waals surface area contributed by atoms with Gasteiger partial charge in [0.05, 0.1) is 4.92 Å². The van der Waals surface area contributed by atoms with E-state index in [9.17, 15) is 10.1 Å². The van der Waals surface area contributed by atoms with Crippen molar-refractivity contribution in [3.63, 3.8) is 0 Å². The third-order valence-electron chi connectivity index (χ3n) is 1.29. The van der Waals surface area contributed by atoms with Gasteiger partial charge >= 0.3 is 5.69 Å². The molecule has 4 nitrogen and oxygen atoms in total. The lowest BCUT2D eigenvalue weighted by Crippen LogP contribution is -1.94. The fourth-order valence-corrected chi connectivity index (χ4v) is 1.41. The lowest BCUT2D eigenvalue weighted by atomic mass is 10.2. The van der Waals surface area contributed by atoms with Crippen molar-refractivity contribution >= 4 is 28.9 Å². The minimum absolute atomic E-state index is 0.156. The molecule has 1 heterocycles. The van der Waals surface area contributed by atoms with E-state index in [1.54, 1.807) is 6.92 Å². The molecule has 0 aliphatic rings. The second-order valence-corrected chi connectivity index (χ2v) is 2.90. The molecule has 0 atom stereocenters. The molecule has 0 radical (unpaired) electrons. The fourth-order valence-electron chi connectivity index (χ4n) is 0.808. The second kappa shape index (κ2) is 3.25. The summed E-state index contributed by atoms with van der Waals surface area (Å²) in [5.74, 6) is 0. The van der Waals surface area contributed by atoms with Gasteiger partial charge in [-0.15, -0.1) is 0 Å². The Bertz CT molecular complexity index is 317. The van der Waals surface area contributed by atoms with Crippen molar-refractivity contribution in [2.24, 2.45) is 0 Å². The molecule has 0 bridgehead atoms. The summed E-state index contributed by atoms with van der Waals surface area (Å²) < 4.78 is 0. The summed E-state index contributed by atoms with van der Waals surface area (Å²) in [7, 11) is 0. The van der Waals surface area contributed by atoms with E-state index >= 15 is 0 Å². The van der Waals surface area contributed by atoms with Gasteiger partial charge in [-0.3, -0.25) is 10.1 Å². The topological polar surface area (TPSA) is 56.0 Å². The molecule has 0 N–H and O–H groups in total. The lowest BCUT2D eigenvalue weighted by molar-refractivity contribution is -0.385. The molecular formula is C6H4Cl2N2O2. The molecule has 0 fully saturated rings. The maximum Gasteiger partial charge on any atom is 0.309 e. The second-order valence-electron chi connectivity index (χ2n) is 2.16. The average Bonchev–Trinajstić information content (AvgIpc) is 1.82. The van der Waals surface area contributed by atoms with Crippen molar-refractivity contribution < 1.29 is 4.92 Å². The number of nitrogens with zero attached hydrogens (tertiary/aromatic N) is 2. The van der Waals surface area contributed by atoms with Crippen LogP contribution < -0.4 is 0 Å². The van der Waals surface area contributed by atoms with Crippen molar-refractivity contribution in [1.82, 2.24) is 4.98 Å². The molecule has 12 heavy (non-hydrogen) atoms. The van der Waals surface area contributed by atoms with E-state index in [-0.39, 0.29) is 16.0 Å². The zero-order valence-corrected chi connectivity index (χ0v) is 7.56. The van der Waals surface area contributed by atoms with Crippen molar-refractivity contribution in [3.8, 4) is 0 Å². The zero-order valence-electron chi connectivity index (χ0n) is 6.04. The minimum Gasteiger partial charge on any atom is -0.258 e. The largest absolute Gasteiger partial charge is 0.309 e. The van der Waals surface area contributed by atoms with E-state index in [4.69, 9.17) is 23.2 Å². The van der Waals surface area contributed by atoms with Crippen LogP contribution in [-0.2, 0) is 0 Å². The highest BCUT2D eigenvalue weighted by Crippen LogP contribution is 2.27. The molecule has 64 valence electrons. The highest BCUT2D eigenvalue weighted by Gasteiger charge is 2.17. The number of hydrogen-bond donors (Lipinski definition) is 0. The molecule has 0 saturated carbocycles. The predicted molar refractivity (Wildman–Crippen MR) is 45.6 cm³/mol. The van der Waals surface area contributed by atoms with Crippen LogP contribution in [0.1, 0.15) is 5.56 Å². The third-order valence-corrected chi connectivity index (χ3v) is 1.75. The smallest absolute Gasteiger partial charge is 0.258 e. The number of hydrogen-bond acceptors (Lipinski definition) is 3. The summed E-state index contributed by atoms with van der Waals surface area (Å²) >= 11 is 11.0. The summed E-state index contributed by atoms with van der Waals surface area (Å²) in [6, 6.07) is 1.39. The number of aromatic nitrogens is 1. The van der Waals surface area contributed by atoms with Gasteiger partial charge in [-0.25, -0.2) is 4.98 Å². The Balaban J connectivity index is 3.38. The Morgan fingerprint density at radius 1 is 1.58 bits per heavy atom. The van der Waals surface area contributed by atoms with Gasteiger partial charge in [0.1, 0.15) is 5.15 Å². The van der Waals surface area contributed by atoms with Gasteiger partial charge in [0.2, 0.25) is 5.15 Å². The van der Waals surface area contributed by atoms with Gasteiger partial charge in [-0.1, -0.05) is 23.2 Å². The van der Waals surface area contributed by atoms with Gasteiger partial charge in [0, 0.05) is 5.56 Å². The molecular weight excluding hydrogens is 203 g/mol. The lowest BCUT2D eigenvalue weighted by Gasteiger charge is -1.98. The number of nitro groups is 1. The first-order chi connectivity index (χ1) is 5.52.